The van der Waals surface area contributed by atoms with Crippen LogP contribution in [-0.4, -0.2) is 47.8 Å². The van der Waals surface area contributed by atoms with Crippen molar-refractivity contribution in [3.05, 3.63) is 35.6 Å². The highest BCUT2D eigenvalue weighted by Crippen LogP contribution is 2.11. The summed E-state index contributed by atoms with van der Waals surface area (Å²) in [6.07, 6.45) is 3.71. The number of amides is 2. The zero-order valence-electron chi connectivity index (χ0n) is 13.1. The molecule has 0 aromatic heterocycles. The molecule has 2 rings (SSSR count). The predicted octanol–water partition coefficient (Wildman–Crippen LogP) is 2.69. The summed E-state index contributed by atoms with van der Waals surface area (Å²) in [7, 11) is 0. The van der Waals surface area contributed by atoms with Crippen molar-refractivity contribution in [3.63, 3.8) is 0 Å². The summed E-state index contributed by atoms with van der Waals surface area (Å²) in [5, 5.41) is 0. The summed E-state index contributed by atoms with van der Waals surface area (Å²) in [6.45, 7) is 4.35. The predicted molar refractivity (Wildman–Crippen MR) is 83.0 cm³/mol. The SMILES string of the molecule is CCCCCC(=O)N1CCN(C(=O)c2ccc(F)cc2)CC1. The van der Waals surface area contributed by atoms with Crippen LogP contribution in [0.25, 0.3) is 0 Å². The lowest BCUT2D eigenvalue weighted by molar-refractivity contribution is -0.132. The Bertz CT molecular complexity index is 508. The number of rotatable bonds is 5. The van der Waals surface area contributed by atoms with Crippen molar-refractivity contribution >= 4 is 11.8 Å². The first-order valence-corrected chi connectivity index (χ1v) is 7.94. The van der Waals surface area contributed by atoms with E-state index in [1.165, 1.54) is 24.3 Å². The Morgan fingerprint density at radius 2 is 1.59 bits per heavy atom. The second-order valence-electron chi connectivity index (χ2n) is 5.64. The topological polar surface area (TPSA) is 40.6 Å². The number of benzene rings is 1. The van der Waals surface area contributed by atoms with Crippen LogP contribution in [0.1, 0.15) is 43.0 Å². The normalized spacial score (nSPS) is 15.0. The highest BCUT2D eigenvalue weighted by atomic mass is 19.1. The molecule has 1 fully saturated rings. The quantitative estimate of drug-likeness (QED) is 0.785. The maximum atomic E-state index is 12.9. The Labute approximate surface area is 130 Å². The van der Waals surface area contributed by atoms with Crippen LogP contribution in [0, 0.1) is 5.82 Å². The average molecular weight is 306 g/mol. The minimum absolute atomic E-state index is 0.0990. The molecule has 1 aromatic rings. The molecule has 0 saturated carbocycles. The first kappa shape index (κ1) is 16.5. The third-order valence-corrected chi connectivity index (χ3v) is 4.00. The minimum Gasteiger partial charge on any atom is -0.339 e. The van der Waals surface area contributed by atoms with Gasteiger partial charge >= 0.3 is 0 Å². The molecule has 120 valence electrons. The van der Waals surface area contributed by atoms with Crippen LogP contribution >= 0.6 is 0 Å². The van der Waals surface area contributed by atoms with Crippen LogP contribution in [0.5, 0.6) is 0 Å². The van der Waals surface area contributed by atoms with E-state index in [-0.39, 0.29) is 17.6 Å². The zero-order chi connectivity index (χ0) is 15.9. The van der Waals surface area contributed by atoms with Crippen molar-refractivity contribution in [3.8, 4) is 0 Å². The number of halogens is 1. The zero-order valence-corrected chi connectivity index (χ0v) is 13.1. The van der Waals surface area contributed by atoms with Gasteiger partial charge in [-0.2, -0.15) is 0 Å². The fourth-order valence-corrected chi connectivity index (χ4v) is 2.62. The van der Waals surface area contributed by atoms with Gasteiger partial charge in [0.1, 0.15) is 5.82 Å². The van der Waals surface area contributed by atoms with Crippen LogP contribution in [0.4, 0.5) is 4.39 Å². The van der Waals surface area contributed by atoms with Crippen LogP contribution in [0.2, 0.25) is 0 Å². The van der Waals surface area contributed by atoms with E-state index in [4.69, 9.17) is 0 Å². The summed E-state index contributed by atoms with van der Waals surface area (Å²) >= 11 is 0. The summed E-state index contributed by atoms with van der Waals surface area (Å²) < 4.78 is 12.9. The van der Waals surface area contributed by atoms with Crippen molar-refractivity contribution in [2.75, 3.05) is 26.2 Å². The first-order chi connectivity index (χ1) is 10.6. The average Bonchev–Trinajstić information content (AvgIpc) is 2.55. The van der Waals surface area contributed by atoms with Gasteiger partial charge in [0.2, 0.25) is 5.91 Å². The Kier molecular flexibility index (Phi) is 5.92. The second-order valence-corrected chi connectivity index (χ2v) is 5.64. The molecular formula is C17H23FN2O2. The number of hydrogen-bond acceptors (Lipinski definition) is 2. The van der Waals surface area contributed by atoms with E-state index < -0.39 is 0 Å². The fraction of sp³-hybridized carbons (Fsp3) is 0.529. The smallest absolute Gasteiger partial charge is 0.253 e. The highest BCUT2D eigenvalue weighted by Gasteiger charge is 2.24. The van der Waals surface area contributed by atoms with E-state index in [1.54, 1.807) is 4.90 Å². The van der Waals surface area contributed by atoms with Gasteiger partial charge in [0, 0.05) is 38.2 Å². The van der Waals surface area contributed by atoms with Crippen molar-refractivity contribution in [1.82, 2.24) is 9.80 Å². The molecule has 1 heterocycles. The maximum Gasteiger partial charge on any atom is 0.253 e. The summed E-state index contributed by atoms with van der Waals surface area (Å²) in [5.41, 5.74) is 0.490. The molecular weight excluding hydrogens is 283 g/mol. The molecule has 5 heteroatoms. The molecule has 0 unspecified atom stereocenters. The lowest BCUT2D eigenvalue weighted by Gasteiger charge is -2.35. The fourth-order valence-electron chi connectivity index (χ4n) is 2.62. The largest absolute Gasteiger partial charge is 0.339 e. The van der Waals surface area contributed by atoms with E-state index in [0.717, 1.165) is 19.3 Å². The number of unbranched alkanes of at least 4 members (excludes halogenated alkanes) is 2. The van der Waals surface area contributed by atoms with Crippen LogP contribution in [-0.2, 0) is 4.79 Å². The monoisotopic (exact) mass is 306 g/mol. The Balaban J connectivity index is 1.82. The number of nitrogens with zero attached hydrogens (tertiary/aromatic N) is 2. The van der Waals surface area contributed by atoms with Gasteiger partial charge in [-0.1, -0.05) is 19.8 Å². The second kappa shape index (κ2) is 7.92. The van der Waals surface area contributed by atoms with Crippen molar-refractivity contribution in [2.45, 2.75) is 32.6 Å². The van der Waals surface area contributed by atoms with Crippen LogP contribution < -0.4 is 0 Å². The van der Waals surface area contributed by atoms with Gasteiger partial charge in [0.15, 0.2) is 0 Å². The van der Waals surface area contributed by atoms with E-state index in [9.17, 15) is 14.0 Å². The number of piperazine rings is 1. The lowest BCUT2D eigenvalue weighted by Crippen LogP contribution is -2.50. The van der Waals surface area contributed by atoms with Gasteiger partial charge in [0.25, 0.3) is 5.91 Å². The Morgan fingerprint density at radius 3 is 2.18 bits per heavy atom. The third-order valence-electron chi connectivity index (χ3n) is 4.00. The molecule has 0 aliphatic carbocycles. The summed E-state index contributed by atoms with van der Waals surface area (Å²) in [5.74, 6) is -0.264. The maximum absolute atomic E-state index is 12.9. The van der Waals surface area contributed by atoms with E-state index in [0.29, 0.717) is 38.2 Å². The Morgan fingerprint density at radius 1 is 1.00 bits per heavy atom. The van der Waals surface area contributed by atoms with E-state index in [2.05, 4.69) is 6.92 Å². The number of hydrogen-bond donors (Lipinski definition) is 0. The molecule has 4 nitrogen and oxygen atoms in total. The van der Waals surface area contributed by atoms with Gasteiger partial charge in [-0.3, -0.25) is 9.59 Å². The van der Waals surface area contributed by atoms with Gasteiger partial charge in [-0.05, 0) is 30.7 Å². The minimum atomic E-state index is -0.348. The molecule has 0 bridgehead atoms. The molecule has 1 aliphatic heterocycles. The number of carbonyl (C=O) groups is 2. The molecule has 0 spiro atoms. The molecule has 0 radical (unpaired) electrons. The molecule has 22 heavy (non-hydrogen) atoms. The Hall–Kier alpha value is -1.91. The van der Waals surface area contributed by atoms with Crippen molar-refractivity contribution in [1.29, 1.82) is 0 Å². The first-order valence-electron chi connectivity index (χ1n) is 7.94. The molecule has 1 aromatic carbocycles. The molecule has 1 saturated heterocycles. The summed E-state index contributed by atoms with van der Waals surface area (Å²) in [6, 6.07) is 5.58. The van der Waals surface area contributed by atoms with Gasteiger partial charge in [-0.15, -0.1) is 0 Å². The molecule has 0 N–H and O–H groups in total. The molecule has 1 aliphatic rings. The standard InChI is InChI=1S/C17H23FN2O2/c1-2-3-4-5-16(21)19-10-12-20(13-11-19)17(22)14-6-8-15(18)9-7-14/h6-9H,2-5,10-13H2,1H3. The molecule has 2 amide bonds. The lowest BCUT2D eigenvalue weighted by atomic mass is 10.1. The van der Waals surface area contributed by atoms with Crippen LogP contribution in [0.3, 0.4) is 0 Å². The highest BCUT2D eigenvalue weighted by molar-refractivity contribution is 5.94. The molecule has 0 atom stereocenters. The van der Waals surface area contributed by atoms with E-state index in [1.807, 2.05) is 4.90 Å². The number of carbonyl (C=O) groups excluding carboxylic acids is 2. The third kappa shape index (κ3) is 4.29. The van der Waals surface area contributed by atoms with Crippen molar-refractivity contribution < 1.29 is 14.0 Å². The van der Waals surface area contributed by atoms with Crippen molar-refractivity contribution in [2.24, 2.45) is 0 Å². The van der Waals surface area contributed by atoms with Gasteiger partial charge in [0.05, 0.1) is 0 Å². The van der Waals surface area contributed by atoms with Gasteiger partial charge in [-0.25, -0.2) is 4.39 Å². The summed E-state index contributed by atoms with van der Waals surface area (Å²) in [4.78, 5) is 27.9. The van der Waals surface area contributed by atoms with E-state index >= 15 is 0 Å². The van der Waals surface area contributed by atoms with Crippen LogP contribution in [0.15, 0.2) is 24.3 Å². The van der Waals surface area contributed by atoms with Gasteiger partial charge < -0.3 is 9.80 Å².